The zero-order valence-electron chi connectivity index (χ0n) is 27.9. The van der Waals surface area contributed by atoms with Gasteiger partial charge in [0.1, 0.15) is 23.4 Å². The van der Waals surface area contributed by atoms with Gasteiger partial charge >= 0.3 is 12.1 Å². The van der Waals surface area contributed by atoms with Crippen molar-refractivity contribution in [2.75, 3.05) is 30.3 Å². The van der Waals surface area contributed by atoms with E-state index < -0.39 is 30.1 Å². The molecule has 4 N–H and O–H groups in total. The lowest BCUT2D eigenvalue weighted by atomic mass is 9.71. The molecule has 0 radical (unpaired) electrons. The molecule has 2 aromatic heterocycles. The Bertz CT molecular complexity index is 1860. The Hall–Kier alpha value is -4.92. The van der Waals surface area contributed by atoms with Crippen molar-refractivity contribution >= 4 is 17.7 Å². The van der Waals surface area contributed by atoms with E-state index in [9.17, 15) is 27.5 Å². The molecule has 3 atom stereocenters. The molecule has 2 fully saturated rings. The van der Waals surface area contributed by atoms with Crippen LogP contribution in [0.5, 0.6) is 11.6 Å². The summed E-state index contributed by atoms with van der Waals surface area (Å²) in [5, 5.41) is 17.2. The van der Waals surface area contributed by atoms with Crippen molar-refractivity contribution < 1.29 is 36.9 Å². The van der Waals surface area contributed by atoms with Crippen LogP contribution in [0, 0.1) is 18.2 Å². The standard InChI is InChI=1S/C35H39F4N7O4/c1-4-28-34(19-26(41-28)32(47)48)9-12-45(13-10-34)29-18-30(43-33(40)42-29)50-31(35(37,38)39)25-7-6-21(16-27(25)46-11-8-20(3)44-46)22-14-23(36)17-24(15-22)49-5-2/h6-8,11,14-18,26,28,31,41H,4-5,9-10,12-13,19H2,1-3H3,(H,47,48)(H2,40,42,43)/t26?,28?,31-/m1/s1. The number of hydrogen-bond donors (Lipinski definition) is 3. The molecule has 266 valence electrons. The number of carboxylic acids is 1. The highest BCUT2D eigenvalue weighted by Crippen LogP contribution is 2.46. The molecular weight excluding hydrogens is 658 g/mol. The highest BCUT2D eigenvalue weighted by atomic mass is 19.4. The number of nitrogens with one attached hydrogen (secondary N) is 1. The van der Waals surface area contributed by atoms with Crippen molar-refractivity contribution in [3.05, 3.63) is 71.8 Å². The number of nitrogens with two attached hydrogens (primary N) is 1. The van der Waals surface area contributed by atoms with Gasteiger partial charge in [0.25, 0.3) is 0 Å². The molecule has 2 unspecified atom stereocenters. The van der Waals surface area contributed by atoms with Crippen LogP contribution >= 0.6 is 0 Å². The second-order valence-corrected chi connectivity index (χ2v) is 12.8. The highest BCUT2D eigenvalue weighted by molar-refractivity contribution is 5.74. The number of benzene rings is 2. The minimum atomic E-state index is -4.90. The monoisotopic (exact) mass is 697 g/mol. The average molecular weight is 698 g/mol. The Morgan fingerprint density at radius 2 is 1.86 bits per heavy atom. The molecule has 2 aliphatic rings. The number of anilines is 2. The van der Waals surface area contributed by atoms with E-state index in [2.05, 4.69) is 20.4 Å². The number of alkyl halides is 3. The molecule has 2 saturated heterocycles. The minimum absolute atomic E-state index is 0.0412. The Balaban J connectivity index is 1.32. The summed E-state index contributed by atoms with van der Waals surface area (Å²) in [5.41, 5.74) is 7.03. The molecule has 2 aromatic carbocycles. The Labute approximate surface area is 286 Å². The number of aromatic nitrogens is 4. The third kappa shape index (κ3) is 7.18. The van der Waals surface area contributed by atoms with E-state index in [-0.39, 0.29) is 40.3 Å². The average Bonchev–Trinajstić information content (AvgIpc) is 3.66. The Morgan fingerprint density at radius 3 is 2.50 bits per heavy atom. The van der Waals surface area contributed by atoms with Crippen LogP contribution in [0.25, 0.3) is 16.8 Å². The van der Waals surface area contributed by atoms with Crippen LogP contribution in [0.15, 0.2) is 54.7 Å². The predicted octanol–water partition coefficient (Wildman–Crippen LogP) is 6.25. The molecule has 50 heavy (non-hydrogen) atoms. The van der Waals surface area contributed by atoms with Gasteiger partial charge in [0.05, 0.1) is 18.0 Å². The van der Waals surface area contributed by atoms with Gasteiger partial charge < -0.3 is 30.5 Å². The molecule has 0 amide bonds. The van der Waals surface area contributed by atoms with Crippen molar-refractivity contribution in [3.63, 3.8) is 0 Å². The number of ether oxygens (including phenoxy) is 2. The number of hydrogen-bond acceptors (Lipinski definition) is 9. The van der Waals surface area contributed by atoms with Gasteiger partial charge in [0.15, 0.2) is 0 Å². The third-order valence-corrected chi connectivity index (χ3v) is 9.58. The zero-order valence-corrected chi connectivity index (χ0v) is 27.9. The van der Waals surface area contributed by atoms with Gasteiger partial charge in [-0.05, 0) is 80.3 Å². The first-order valence-corrected chi connectivity index (χ1v) is 16.5. The van der Waals surface area contributed by atoms with Gasteiger partial charge in [-0.2, -0.15) is 28.2 Å². The maximum absolute atomic E-state index is 14.9. The first-order chi connectivity index (χ1) is 23.8. The summed E-state index contributed by atoms with van der Waals surface area (Å²) in [7, 11) is 0. The maximum Gasteiger partial charge on any atom is 0.429 e. The summed E-state index contributed by atoms with van der Waals surface area (Å²) in [6.45, 7) is 6.80. The molecular formula is C35H39F4N7O4. The second kappa shape index (κ2) is 13.8. The maximum atomic E-state index is 14.9. The fourth-order valence-electron chi connectivity index (χ4n) is 7.22. The smallest absolute Gasteiger partial charge is 0.429 e. The first-order valence-electron chi connectivity index (χ1n) is 16.5. The molecule has 0 saturated carbocycles. The number of aryl methyl sites for hydroxylation is 1. The number of rotatable bonds is 10. The summed E-state index contributed by atoms with van der Waals surface area (Å²) < 4.78 is 71.8. The molecule has 4 heterocycles. The third-order valence-electron chi connectivity index (χ3n) is 9.58. The van der Waals surface area contributed by atoms with E-state index in [0.29, 0.717) is 61.6 Å². The molecule has 0 bridgehead atoms. The zero-order chi connectivity index (χ0) is 35.8. The van der Waals surface area contributed by atoms with Gasteiger partial charge in [-0.3, -0.25) is 4.79 Å². The minimum Gasteiger partial charge on any atom is -0.494 e. The molecule has 15 heteroatoms. The summed E-state index contributed by atoms with van der Waals surface area (Å²) in [6, 6.07) is 10.8. The molecule has 0 aliphatic carbocycles. The van der Waals surface area contributed by atoms with Crippen LogP contribution in [0.2, 0.25) is 0 Å². The van der Waals surface area contributed by atoms with Crippen LogP contribution in [0.1, 0.15) is 56.9 Å². The van der Waals surface area contributed by atoms with Gasteiger partial charge in [-0.25, -0.2) is 9.07 Å². The van der Waals surface area contributed by atoms with E-state index in [1.807, 2.05) is 11.8 Å². The van der Waals surface area contributed by atoms with Gasteiger partial charge in [-0.15, -0.1) is 0 Å². The fourth-order valence-corrected chi connectivity index (χ4v) is 7.22. The number of nitrogens with zero attached hydrogens (tertiary/aromatic N) is 5. The fraction of sp³-hybridized carbons (Fsp3) is 0.429. The van der Waals surface area contributed by atoms with Crippen molar-refractivity contribution in [1.82, 2.24) is 25.1 Å². The summed E-state index contributed by atoms with van der Waals surface area (Å²) >= 11 is 0. The predicted molar refractivity (Wildman–Crippen MR) is 178 cm³/mol. The van der Waals surface area contributed by atoms with E-state index >= 15 is 0 Å². The van der Waals surface area contributed by atoms with Crippen LogP contribution in [-0.4, -0.2) is 68.8 Å². The van der Waals surface area contributed by atoms with Crippen molar-refractivity contribution in [1.29, 1.82) is 0 Å². The number of carboxylic acid groups (broad SMARTS) is 1. The van der Waals surface area contributed by atoms with Crippen LogP contribution < -0.4 is 25.4 Å². The van der Waals surface area contributed by atoms with Crippen LogP contribution in [-0.2, 0) is 4.79 Å². The number of carbonyl (C=O) groups is 1. The quantitative estimate of drug-likeness (QED) is 0.163. The molecule has 4 aromatic rings. The lowest BCUT2D eigenvalue weighted by Crippen LogP contribution is -2.46. The molecule has 2 aliphatic heterocycles. The summed E-state index contributed by atoms with van der Waals surface area (Å²) in [6.07, 6.45) is -3.23. The topological polar surface area (TPSA) is 141 Å². The van der Waals surface area contributed by atoms with Crippen molar-refractivity contribution in [3.8, 4) is 28.4 Å². The van der Waals surface area contributed by atoms with Gasteiger partial charge in [0.2, 0.25) is 17.9 Å². The number of halogens is 4. The molecule has 6 rings (SSSR count). The number of piperidine rings is 1. The highest BCUT2D eigenvalue weighted by Gasteiger charge is 2.50. The SMILES string of the molecule is CCOc1cc(F)cc(-c2ccc([C@@H](Oc3cc(N4CCC5(CC4)CC(C(=O)O)NC5CC)nc(N)n3)C(F)(F)F)c(-n3ccc(C)n3)c2)c1. The number of aliphatic carboxylic acids is 1. The summed E-state index contributed by atoms with van der Waals surface area (Å²) in [4.78, 5) is 21.9. The van der Waals surface area contributed by atoms with Crippen LogP contribution in [0.3, 0.4) is 0 Å². The van der Waals surface area contributed by atoms with Crippen LogP contribution in [0.4, 0.5) is 29.3 Å². The second-order valence-electron chi connectivity index (χ2n) is 12.8. The summed E-state index contributed by atoms with van der Waals surface area (Å²) in [5.74, 6) is -1.46. The van der Waals surface area contributed by atoms with E-state index in [0.717, 1.165) is 6.42 Å². The molecule has 1 spiro atoms. The van der Waals surface area contributed by atoms with Crippen molar-refractivity contribution in [2.24, 2.45) is 5.41 Å². The van der Waals surface area contributed by atoms with Gasteiger partial charge in [-0.1, -0.05) is 19.1 Å². The van der Waals surface area contributed by atoms with E-state index in [4.69, 9.17) is 15.2 Å². The first kappa shape index (κ1) is 34.9. The van der Waals surface area contributed by atoms with E-state index in [1.54, 1.807) is 26.0 Å². The lowest BCUT2D eigenvalue weighted by molar-refractivity contribution is -0.198. The Morgan fingerprint density at radius 1 is 1.10 bits per heavy atom. The normalized spacial score (nSPS) is 19.5. The largest absolute Gasteiger partial charge is 0.494 e. The Kier molecular flexibility index (Phi) is 9.62. The number of nitrogen functional groups attached to an aromatic ring is 1. The lowest BCUT2D eigenvalue weighted by Gasteiger charge is -2.43. The van der Waals surface area contributed by atoms with Gasteiger partial charge in [0, 0.05) is 43.0 Å². The van der Waals surface area contributed by atoms with E-state index in [1.165, 1.54) is 47.3 Å². The van der Waals surface area contributed by atoms with Crippen molar-refractivity contribution in [2.45, 2.75) is 70.8 Å². The molecule has 11 nitrogen and oxygen atoms in total.